The topological polar surface area (TPSA) is 58.2 Å². The van der Waals surface area contributed by atoms with Crippen LogP contribution in [0.25, 0.3) is 0 Å². The van der Waals surface area contributed by atoms with Gasteiger partial charge in [-0.05, 0) is 35.6 Å². The molecule has 1 heterocycles. The molecule has 0 aliphatic rings. The number of hydrogen-bond acceptors (Lipinski definition) is 3. The standard InChI is InChI=1S/C17H18Cl2N2O2S/c1-10(2)16(14-4-3-7-24-14)21-15(22)9-20-17(23)11-5-6-12(18)13(19)8-11/h3-8,10,16H,9H2,1-2H3,(H,20,23)(H,21,22)/t16-/m0/s1. The van der Waals surface area contributed by atoms with Gasteiger partial charge in [-0.3, -0.25) is 9.59 Å². The Morgan fingerprint density at radius 1 is 1.17 bits per heavy atom. The highest BCUT2D eigenvalue weighted by Gasteiger charge is 2.19. The minimum atomic E-state index is -0.374. The number of nitrogens with one attached hydrogen (secondary N) is 2. The average molecular weight is 385 g/mol. The van der Waals surface area contributed by atoms with Gasteiger partial charge in [0, 0.05) is 10.4 Å². The Balaban J connectivity index is 1.92. The number of thiophene rings is 1. The SMILES string of the molecule is CC(C)[C@H](NC(=O)CNC(=O)c1ccc(Cl)c(Cl)c1)c1cccs1. The number of hydrogen-bond donors (Lipinski definition) is 2. The van der Waals surface area contributed by atoms with Gasteiger partial charge in [-0.25, -0.2) is 0 Å². The number of amides is 2. The number of carbonyl (C=O) groups is 2. The van der Waals surface area contributed by atoms with Crippen LogP contribution in [0.3, 0.4) is 0 Å². The van der Waals surface area contributed by atoms with Gasteiger partial charge in [0.1, 0.15) is 0 Å². The van der Waals surface area contributed by atoms with E-state index in [0.29, 0.717) is 15.6 Å². The van der Waals surface area contributed by atoms with Gasteiger partial charge in [-0.15, -0.1) is 11.3 Å². The highest BCUT2D eigenvalue weighted by molar-refractivity contribution is 7.10. The molecule has 2 amide bonds. The van der Waals surface area contributed by atoms with Crippen LogP contribution in [-0.2, 0) is 4.79 Å². The molecule has 2 rings (SSSR count). The van der Waals surface area contributed by atoms with Crippen molar-refractivity contribution in [2.75, 3.05) is 6.54 Å². The first-order chi connectivity index (χ1) is 11.4. The number of rotatable bonds is 6. The Morgan fingerprint density at radius 3 is 2.50 bits per heavy atom. The van der Waals surface area contributed by atoms with Gasteiger partial charge < -0.3 is 10.6 Å². The zero-order valence-electron chi connectivity index (χ0n) is 13.3. The lowest BCUT2D eigenvalue weighted by Gasteiger charge is -2.21. The average Bonchev–Trinajstić information content (AvgIpc) is 3.06. The van der Waals surface area contributed by atoms with E-state index in [1.807, 2.05) is 31.4 Å². The molecule has 0 unspecified atom stereocenters. The third kappa shape index (κ3) is 4.97. The molecule has 0 aliphatic heterocycles. The fourth-order valence-electron chi connectivity index (χ4n) is 2.16. The van der Waals surface area contributed by atoms with E-state index in [0.717, 1.165) is 4.88 Å². The van der Waals surface area contributed by atoms with Crippen LogP contribution < -0.4 is 10.6 Å². The first-order valence-electron chi connectivity index (χ1n) is 7.44. The zero-order chi connectivity index (χ0) is 17.7. The van der Waals surface area contributed by atoms with Crippen molar-refractivity contribution in [1.82, 2.24) is 10.6 Å². The Kier molecular flexibility index (Phi) is 6.66. The normalized spacial score (nSPS) is 12.0. The van der Waals surface area contributed by atoms with E-state index < -0.39 is 0 Å². The van der Waals surface area contributed by atoms with Crippen molar-refractivity contribution >= 4 is 46.4 Å². The summed E-state index contributed by atoms with van der Waals surface area (Å²) in [5, 5.41) is 8.19. The molecule has 0 bridgehead atoms. The lowest BCUT2D eigenvalue weighted by Crippen LogP contribution is -2.39. The Hall–Kier alpha value is -1.56. The molecule has 0 aliphatic carbocycles. The maximum absolute atomic E-state index is 12.1. The van der Waals surface area contributed by atoms with Crippen LogP contribution >= 0.6 is 34.5 Å². The van der Waals surface area contributed by atoms with Gasteiger partial charge in [-0.1, -0.05) is 43.1 Å². The highest BCUT2D eigenvalue weighted by Crippen LogP contribution is 2.25. The number of halogens is 2. The van der Waals surface area contributed by atoms with E-state index in [1.165, 1.54) is 6.07 Å². The quantitative estimate of drug-likeness (QED) is 0.779. The van der Waals surface area contributed by atoms with Crippen LogP contribution in [0.4, 0.5) is 0 Å². The maximum atomic E-state index is 12.1. The summed E-state index contributed by atoms with van der Waals surface area (Å²) < 4.78 is 0. The Morgan fingerprint density at radius 2 is 1.92 bits per heavy atom. The Labute approximate surface area is 155 Å². The lowest BCUT2D eigenvalue weighted by molar-refractivity contribution is -0.121. The van der Waals surface area contributed by atoms with E-state index in [1.54, 1.807) is 23.5 Å². The van der Waals surface area contributed by atoms with Crippen LogP contribution in [0, 0.1) is 5.92 Å². The second kappa shape index (κ2) is 8.51. The second-order valence-corrected chi connectivity index (χ2v) is 7.41. The smallest absolute Gasteiger partial charge is 0.251 e. The van der Waals surface area contributed by atoms with Gasteiger partial charge in [0.25, 0.3) is 5.91 Å². The van der Waals surface area contributed by atoms with E-state index in [-0.39, 0.29) is 30.3 Å². The molecule has 1 aromatic carbocycles. The predicted octanol–water partition coefficient (Wildman–Crippen LogP) is 4.30. The summed E-state index contributed by atoms with van der Waals surface area (Å²) in [5.74, 6) is -0.366. The molecular formula is C17H18Cl2N2O2S. The van der Waals surface area contributed by atoms with Crippen molar-refractivity contribution < 1.29 is 9.59 Å². The van der Waals surface area contributed by atoms with Crippen molar-refractivity contribution in [1.29, 1.82) is 0 Å². The number of carbonyl (C=O) groups excluding carboxylic acids is 2. The third-order valence-corrected chi connectivity index (χ3v) is 5.12. The molecule has 0 saturated carbocycles. The van der Waals surface area contributed by atoms with E-state index in [2.05, 4.69) is 10.6 Å². The monoisotopic (exact) mass is 384 g/mol. The van der Waals surface area contributed by atoms with E-state index >= 15 is 0 Å². The predicted molar refractivity (Wildman–Crippen MR) is 98.8 cm³/mol. The molecule has 0 spiro atoms. The van der Waals surface area contributed by atoms with Crippen LogP contribution in [0.15, 0.2) is 35.7 Å². The van der Waals surface area contributed by atoms with Crippen LogP contribution in [0.1, 0.15) is 35.1 Å². The van der Waals surface area contributed by atoms with Gasteiger partial charge in [0.15, 0.2) is 0 Å². The molecule has 2 N–H and O–H groups in total. The van der Waals surface area contributed by atoms with Crippen molar-refractivity contribution in [3.05, 3.63) is 56.2 Å². The summed E-state index contributed by atoms with van der Waals surface area (Å²) in [4.78, 5) is 25.3. The highest BCUT2D eigenvalue weighted by atomic mass is 35.5. The molecule has 24 heavy (non-hydrogen) atoms. The fourth-order valence-corrected chi connectivity index (χ4v) is 3.41. The zero-order valence-corrected chi connectivity index (χ0v) is 15.6. The molecule has 2 aromatic rings. The second-order valence-electron chi connectivity index (χ2n) is 5.62. The van der Waals surface area contributed by atoms with Gasteiger partial charge in [0.05, 0.1) is 22.6 Å². The molecule has 7 heteroatoms. The third-order valence-electron chi connectivity index (χ3n) is 3.42. The summed E-state index contributed by atoms with van der Waals surface area (Å²) in [6, 6.07) is 8.45. The minimum absolute atomic E-state index is 0.0700. The molecule has 1 aromatic heterocycles. The van der Waals surface area contributed by atoms with Crippen molar-refractivity contribution in [2.45, 2.75) is 19.9 Å². The molecular weight excluding hydrogens is 367 g/mol. The summed E-state index contributed by atoms with van der Waals surface area (Å²) in [6.07, 6.45) is 0. The van der Waals surface area contributed by atoms with Crippen molar-refractivity contribution in [3.63, 3.8) is 0 Å². The van der Waals surface area contributed by atoms with Crippen LogP contribution in [0.2, 0.25) is 10.0 Å². The molecule has 1 atom stereocenters. The summed E-state index contributed by atoms with van der Waals surface area (Å²) >= 11 is 13.3. The fraction of sp³-hybridized carbons (Fsp3) is 0.294. The summed E-state index contributed by atoms with van der Waals surface area (Å²) in [6.45, 7) is 3.98. The Bertz CT molecular complexity index is 717. The largest absolute Gasteiger partial charge is 0.347 e. The number of benzene rings is 1. The molecule has 128 valence electrons. The van der Waals surface area contributed by atoms with E-state index in [9.17, 15) is 9.59 Å². The van der Waals surface area contributed by atoms with Gasteiger partial charge in [-0.2, -0.15) is 0 Å². The summed E-state index contributed by atoms with van der Waals surface area (Å²) in [5.41, 5.74) is 0.357. The van der Waals surface area contributed by atoms with Crippen LogP contribution in [-0.4, -0.2) is 18.4 Å². The van der Waals surface area contributed by atoms with Crippen molar-refractivity contribution in [2.24, 2.45) is 5.92 Å². The molecule has 0 radical (unpaired) electrons. The van der Waals surface area contributed by atoms with Gasteiger partial charge in [0.2, 0.25) is 5.91 Å². The molecule has 4 nitrogen and oxygen atoms in total. The molecule has 0 fully saturated rings. The first kappa shape index (κ1) is 18.8. The first-order valence-corrected chi connectivity index (χ1v) is 9.08. The minimum Gasteiger partial charge on any atom is -0.347 e. The maximum Gasteiger partial charge on any atom is 0.251 e. The van der Waals surface area contributed by atoms with Gasteiger partial charge >= 0.3 is 0 Å². The lowest BCUT2D eigenvalue weighted by atomic mass is 10.0. The van der Waals surface area contributed by atoms with Crippen LogP contribution in [0.5, 0.6) is 0 Å². The molecule has 0 saturated heterocycles. The van der Waals surface area contributed by atoms with Crippen molar-refractivity contribution in [3.8, 4) is 0 Å². The summed E-state index contributed by atoms with van der Waals surface area (Å²) in [7, 11) is 0. The van der Waals surface area contributed by atoms with E-state index in [4.69, 9.17) is 23.2 Å².